The van der Waals surface area contributed by atoms with Crippen molar-refractivity contribution in [1.82, 2.24) is 10.2 Å². The number of nitrogens with zero attached hydrogens (tertiary/aromatic N) is 1. The molecule has 2 N–H and O–H groups in total. The number of H-pyrrole nitrogens is 1. The highest BCUT2D eigenvalue weighted by atomic mass is 32.2. The van der Waals surface area contributed by atoms with Gasteiger partial charge < -0.3 is 0 Å². The molecule has 0 aliphatic rings. The fourth-order valence-electron chi connectivity index (χ4n) is 1.04. The molecule has 0 fully saturated rings. The molecule has 0 aliphatic carbocycles. The molecule has 0 bridgehead atoms. The van der Waals surface area contributed by atoms with Crippen LogP contribution in [0.2, 0.25) is 0 Å². The van der Waals surface area contributed by atoms with E-state index in [1.54, 1.807) is 13.0 Å². The van der Waals surface area contributed by atoms with E-state index in [4.69, 9.17) is 0 Å². The van der Waals surface area contributed by atoms with Crippen LogP contribution >= 0.6 is 0 Å². The van der Waals surface area contributed by atoms with Gasteiger partial charge in [0.2, 0.25) is 10.0 Å². The molecule has 0 saturated carbocycles. The Labute approximate surface area is 84.0 Å². The maximum atomic E-state index is 11.2. The van der Waals surface area contributed by atoms with Gasteiger partial charge in [0.25, 0.3) is 0 Å². The number of rotatable bonds is 5. The first-order chi connectivity index (χ1) is 6.57. The van der Waals surface area contributed by atoms with E-state index < -0.39 is 10.0 Å². The van der Waals surface area contributed by atoms with Crippen LogP contribution in [0.1, 0.15) is 26.0 Å². The highest BCUT2D eigenvalue weighted by Crippen LogP contribution is 2.08. The van der Waals surface area contributed by atoms with Gasteiger partial charge in [-0.25, -0.2) is 8.42 Å². The zero-order valence-electron chi connectivity index (χ0n) is 8.37. The molecule has 5 nitrogen and oxygen atoms in total. The van der Waals surface area contributed by atoms with Gasteiger partial charge in [-0.05, 0) is 13.3 Å². The second-order valence-electron chi connectivity index (χ2n) is 3.03. The summed E-state index contributed by atoms with van der Waals surface area (Å²) in [5.74, 6) is 0.429. The highest BCUT2D eigenvalue weighted by molar-refractivity contribution is 7.92. The van der Waals surface area contributed by atoms with E-state index in [2.05, 4.69) is 21.8 Å². The number of sulfonamides is 1. The third-order valence-electron chi connectivity index (χ3n) is 1.79. The summed E-state index contributed by atoms with van der Waals surface area (Å²) in [6.45, 7) is 3.64. The molecule has 0 saturated heterocycles. The normalized spacial score (nSPS) is 11.6. The lowest BCUT2D eigenvalue weighted by Crippen LogP contribution is -2.14. The van der Waals surface area contributed by atoms with Crippen molar-refractivity contribution in [2.24, 2.45) is 0 Å². The third kappa shape index (κ3) is 3.02. The Morgan fingerprint density at radius 1 is 1.50 bits per heavy atom. The summed E-state index contributed by atoms with van der Waals surface area (Å²) in [4.78, 5) is 0. The second kappa shape index (κ2) is 4.45. The van der Waals surface area contributed by atoms with Gasteiger partial charge in [-0.3, -0.25) is 9.82 Å². The lowest BCUT2D eigenvalue weighted by atomic mass is 10.2. The number of aryl methyl sites for hydroxylation is 1. The Bertz CT molecular complexity index is 383. The smallest absolute Gasteiger partial charge is 0.233 e. The van der Waals surface area contributed by atoms with Crippen molar-refractivity contribution >= 4 is 15.8 Å². The van der Waals surface area contributed by atoms with E-state index in [-0.39, 0.29) is 5.75 Å². The maximum absolute atomic E-state index is 11.2. The van der Waals surface area contributed by atoms with E-state index >= 15 is 0 Å². The SMILES string of the molecule is CCCc1cc(NS(=O)(=O)CC)n[nH]1. The predicted molar refractivity (Wildman–Crippen MR) is 55.7 cm³/mol. The number of anilines is 1. The molecule has 0 radical (unpaired) electrons. The minimum Gasteiger partial charge on any atom is -0.280 e. The first-order valence-corrected chi connectivity index (χ1v) is 6.27. The van der Waals surface area contributed by atoms with Gasteiger partial charge in [-0.2, -0.15) is 5.10 Å². The van der Waals surface area contributed by atoms with E-state index in [1.807, 2.05) is 0 Å². The van der Waals surface area contributed by atoms with Crippen LogP contribution in [0.3, 0.4) is 0 Å². The Morgan fingerprint density at radius 3 is 2.79 bits per heavy atom. The van der Waals surface area contributed by atoms with Crippen molar-refractivity contribution in [3.05, 3.63) is 11.8 Å². The Kier molecular flexibility index (Phi) is 3.51. The fourth-order valence-corrected chi connectivity index (χ4v) is 1.61. The number of aromatic amines is 1. The van der Waals surface area contributed by atoms with Gasteiger partial charge in [0.1, 0.15) is 0 Å². The molecule has 6 heteroatoms. The third-order valence-corrected chi connectivity index (χ3v) is 3.07. The van der Waals surface area contributed by atoms with Crippen LogP contribution in [0.5, 0.6) is 0 Å². The van der Waals surface area contributed by atoms with Crippen molar-refractivity contribution in [2.45, 2.75) is 26.7 Å². The number of hydrogen-bond acceptors (Lipinski definition) is 3. The Morgan fingerprint density at radius 2 is 2.21 bits per heavy atom. The molecule has 1 aromatic rings. The molecule has 80 valence electrons. The summed E-state index contributed by atoms with van der Waals surface area (Å²) in [6.07, 6.45) is 1.88. The maximum Gasteiger partial charge on any atom is 0.233 e. The van der Waals surface area contributed by atoms with Gasteiger partial charge in [0.05, 0.1) is 5.75 Å². The van der Waals surface area contributed by atoms with Crippen LogP contribution in [0.15, 0.2) is 6.07 Å². The molecule has 0 atom stereocenters. The molecule has 14 heavy (non-hydrogen) atoms. The largest absolute Gasteiger partial charge is 0.280 e. The minimum atomic E-state index is -3.21. The molecule has 1 heterocycles. The number of nitrogens with one attached hydrogen (secondary N) is 2. The summed E-state index contributed by atoms with van der Waals surface area (Å²) >= 11 is 0. The van der Waals surface area contributed by atoms with E-state index in [0.29, 0.717) is 5.82 Å². The molecule has 0 unspecified atom stereocenters. The molecule has 1 rings (SSSR count). The van der Waals surface area contributed by atoms with Crippen LogP contribution in [-0.2, 0) is 16.4 Å². The molecule has 0 spiro atoms. The molecular weight excluding hydrogens is 202 g/mol. The Balaban J connectivity index is 2.69. The zero-order valence-corrected chi connectivity index (χ0v) is 9.19. The molecule has 1 aromatic heterocycles. The topological polar surface area (TPSA) is 74.8 Å². The average Bonchev–Trinajstić information content (AvgIpc) is 2.53. The summed E-state index contributed by atoms with van der Waals surface area (Å²) < 4.78 is 24.7. The lowest BCUT2D eigenvalue weighted by molar-refractivity contribution is 0.602. The van der Waals surface area contributed by atoms with Crippen molar-refractivity contribution in [3.63, 3.8) is 0 Å². The van der Waals surface area contributed by atoms with Crippen LogP contribution in [0, 0.1) is 0 Å². The van der Waals surface area contributed by atoms with E-state index in [1.165, 1.54) is 0 Å². The van der Waals surface area contributed by atoms with Crippen molar-refractivity contribution in [3.8, 4) is 0 Å². The standard InChI is InChI=1S/C8H15N3O2S/c1-3-5-7-6-8(10-9-7)11-14(12,13)4-2/h6H,3-5H2,1-2H3,(H2,9,10,11). The second-order valence-corrected chi connectivity index (χ2v) is 5.04. The molecular formula is C8H15N3O2S. The minimum absolute atomic E-state index is 0.0585. The van der Waals surface area contributed by atoms with Gasteiger partial charge in [0, 0.05) is 11.8 Å². The Hall–Kier alpha value is -1.04. The van der Waals surface area contributed by atoms with Gasteiger partial charge in [-0.15, -0.1) is 0 Å². The predicted octanol–water partition coefficient (Wildman–Crippen LogP) is 1.12. The summed E-state index contributed by atoms with van der Waals surface area (Å²) in [5.41, 5.74) is 0.946. The summed E-state index contributed by atoms with van der Waals surface area (Å²) in [5, 5.41) is 6.63. The van der Waals surface area contributed by atoms with Gasteiger partial charge in [0.15, 0.2) is 5.82 Å². The average molecular weight is 217 g/mol. The van der Waals surface area contributed by atoms with Crippen molar-refractivity contribution in [2.75, 3.05) is 10.5 Å². The molecule has 0 amide bonds. The summed E-state index contributed by atoms with van der Waals surface area (Å²) in [7, 11) is -3.21. The first-order valence-electron chi connectivity index (χ1n) is 4.62. The monoisotopic (exact) mass is 217 g/mol. The highest BCUT2D eigenvalue weighted by Gasteiger charge is 2.08. The number of aromatic nitrogens is 2. The van der Waals surface area contributed by atoms with Crippen molar-refractivity contribution in [1.29, 1.82) is 0 Å². The van der Waals surface area contributed by atoms with Crippen LogP contribution in [0.4, 0.5) is 5.82 Å². The number of hydrogen-bond donors (Lipinski definition) is 2. The fraction of sp³-hybridized carbons (Fsp3) is 0.625. The molecule has 0 aromatic carbocycles. The van der Waals surface area contributed by atoms with Gasteiger partial charge >= 0.3 is 0 Å². The van der Waals surface area contributed by atoms with Crippen molar-refractivity contribution < 1.29 is 8.42 Å². The van der Waals surface area contributed by atoms with E-state index in [9.17, 15) is 8.42 Å². The lowest BCUT2D eigenvalue weighted by Gasteiger charge is -1.99. The van der Waals surface area contributed by atoms with Crippen LogP contribution in [-0.4, -0.2) is 24.4 Å². The van der Waals surface area contributed by atoms with Crippen LogP contribution < -0.4 is 4.72 Å². The first kappa shape index (κ1) is 11.0. The zero-order chi connectivity index (χ0) is 10.6. The summed E-state index contributed by atoms with van der Waals surface area (Å²) in [6, 6.07) is 1.72. The molecule has 0 aliphatic heterocycles. The van der Waals surface area contributed by atoms with Crippen LogP contribution in [0.25, 0.3) is 0 Å². The quantitative estimate of drug-likeness (QED) is 0.776. The van der Waals surface area contributed by atoms with Gasteiger partial charge in [-0.1, -0.05) is 13.3 Å². The van der Waals surface area contributed by atoms with E-state index in [0.717, 1.165) is 18.5 Å².